The molecule has 1 aliphatic heterocycles. The quantitative estimate of drug-likeness (QED) is 0.895. The summed E-state index contributed by atoms with van der Waals surface area (Å²) in [6.07, 6.45) is 1.44. The summed E-state index contributed by atoms with van der Waals surface area (Å²) in [5, 5.41) is 20.6. The lowest BCUT2D eigenvalue weighted by Crippen LogP contribution is -2.19. The molecule has 3 rings (SSSR count). The van der Waals surface area contributed by atoms with Crippen LogP contribution in [0.4, 0.5) is 0 Å². The molecule has 0 amide bonds. The number of para-hydroxylation sites is 1. The Hall–Kier alpha value is -2.44. The van der Waals surface area contributed by atoms with E-state index in [-0.39, 0.29) is 12.3 Å². The van der Waals surface area contributed by atoms with Gasteiger partial charge < -0.3 is 9.84 Å². The molecule has 0 bridgehead atoms. The topological polar surface area (TPSA) is 90.1 Å². The maximum atomic E-state index is 10.6. The van der Waals surface area contributed by atoms with E-state index in [4.69, 9.17) is 9.84 Å². The number of carbonyl (C=O) groups is 1. The van der Waals surface area contributed by atoms with Crippen molar-refractivity contribution in [1.29, 1.82) is 0 Å². The number of ether oxygens (including phenoxy) is 1. The lowest BCUT2D eigenvalue weighted by molar-refractivity contribution is -0.137. The first kappa shape index (κ1) is 13.5. The van der Waals surface area contributed by atoms with Crippen LogP contribution in [0.5, 0.6) is 5.75 Å². The van der Waals surface area contributed by atoms with Gasteiger partial charge in [-0.05, 0) is 29.3 Å². The van der Waals surface area contributed by atoms with E-state index < -0.39 is 5.97 Å². The lowest BCUT2D eigenvalue weighted by atomic mass is 9.92. The van der Waals surface area contributed by atoms with E-state index in [1.807, 2.05) is 24.3 Å². The van der Waals surface area contributed by atoms with Crippen molar-refractivity contribution in [2.45, 2.75) is 31.7 Å². The van der Waals surface area contributed by atoms with Crippen LogP contribution in [0.25, 0.3) is 0 Å². The Morgan fingerprint density at radius 1 is 1.43 bits per heavy atom. The van der Waals surface area contributed by atoms with Crippen LogP contribution in [0.1, 0.15) is 36.6 Å². The summed E-state index contributed by atoms with van der Waals surface area (Å²) in [7, 11) is 0. The van der Waals surface area contributed by atoms with Gasteiger partial charge in [0.25, 0.3) is 0 Å². The van der Waals surface area contributed by atoms with Crippen LogP contribution in [0.15, 0.2) is 24.3 Å². The Labute approximate surface area is 121 Å². The van der Waals surface area contributed by atoms with Crippen LogP contribution in [0, 0.1) is 0 Å². The summed E-state index contributed by atoms with van der Waals surface area (Å²) in [6.45, 7) is 1.14. The van der Waals surface area contributed by atoms with Gasteiger partial charge in [0.05, 0.1) is 12.5 Å². The van der Waals surface area contributed by atoms with E-state index in [1.165, 1.54) is 0 Å². The molecule has 7 heteroatoms. The summed E-state index contributed by atoms with van der Waals surface area (Å²) in [4.78, 5) is 10.6. The molecule has 1 aliphatic rings. The smallest absolute Gasteiger partial charge is 0.303 e. The van der Waals surface area contributed by atoms with E-state index in [2.05, 4.69) is 15.5 Å². The number of hydrogen-bond acceptors (Lipinski definition) is 5. The van der Waals surface area contributed by atoms with Crippen molar-refractivity contribution in [3.63, 3.8) is 0 Å². The average molecular weight is 288 g/mol. The Balaban J connectivity index is 1.82. The lowest BCUT2D eigenvalue weighted by Gasteiger charge is -2.24. The summed E-state index contributed by atoms with van der Waals surface area (Å²) in [5.74, 6) is 0.931. The van der Waals surface area contributed by atoms with Gasteiger partial charge >= 0.3 is 5.97 Å². The predicted molar refractivity (Wildman–Crippen MR) is 73.1 cm³/mol. The Kier molecular flexibility index (Phi) is 3.81. The molecule has 1 atom stereocenters. The first-order valence-electron chi connectivity index (χ1n) is 6.95. The molecule has 0 saturated carbocycles. The molecule has 1 N–H and O–H groups in total. The fraction of sp³-hybridized carbons (Fsp3) is 0.429. The number of aryl methyl sites for hydroxylation is 1. The van der Waals surface area contributed by atoms with Gasteiger partial charge in [0, 0.05) is 18.5 Å². The van der Waals surface area contributed by atoms with Gasteiger partial charge in [-0.2, -0.15) is 0 Å². The number of carboxylic acid groups (broad SMARTS) is 1. The maximum absolute atomic E-state index is 10.6. The molecule has 0 aliphatic carbocycles. The molecule has 0 radical (unpaired) electrons. The molecular formula is C14H16N4O3. The van der Waals surface area contributed by atoms with Crippen LogP contribution in [0.2, 0.25) is 0 Å². The van der Waals surface area contributed by atoms with E-state index in [1.54, 1.807) is 4.68 Å². The number of nitrogens with zero attached hydrogens (tertiary/aromatic N) is 4. The number of carboxylic acids is 1. The number of aliphatic carboxylic acids is 1. The third kappa shape index (κ3) is 2.86. The number of fused-ring (bicyclic) bond motifs is 1. The van der Waals surface area contributed by atoms with Gasteiger partial charge in [-0.15, -0.1) is 5.10 Å². The van der Waals surface area contributed by atoms with Gasteiger partial charge in [0.1, 0.15) is 5.75 Å². The highest BCUT2D eigenvalue weighted by Gasteiger charge is 2.27. The fourth-order valence-corrected chi connectivity index (χ4v) is 2.61. The summed E-state index contributed by atoms with van der Waals surface area (Å²) < 4.78 is 7.35. The zero-order valence-electron chi connectivity index (χ0n) is 11.5. The highest BCUT2D eigenvalue weighted by Crippen LogP contribution is 2.36. The molecule has 7 nitrogen and oxygen atoms in total. The second-order valence-electron chi connectivity index (χ2n) is 4.99. The Morgan fingerprint density at radius 3 is 3.14 bits per heavy atom. The SMILES string of the molecule is O=C(O)CCCn1nnnc1C1CCOc2ccccc21. The molecule has 2 aromatic rings. The van der Waals surface area contributed by atoms with E-state index in [0.717, 1.165) is 23.6 Å². The third-order valence-corrected chi connectivity index (χ3v) is 3.59. The molecule has 21 heavy (non-hydrogen) atoms. The molecular weight excluding hydrogens is 272 g/mol. The minimum atomic E-state index is -0.805. The summed E-state index contributed by atoms with van der Waals surface area (Å²) >= 11 is 0. The predicted octanol–water partition coefficient (Wildman–Crippen LogP) is 1.45. The van der Waals surface area contributed by atoms with Crippen LogP contribution < -0.4 is 4.74 Å². The van der Waals surface area contributed by atoms with Crippen LogP contribution in [-0.2, 0) is 11.3 Å². The third-order valence-electron chi connectivity index (χ3n) is 3.59. The monoisotopic (exact) mass is 288 g/mol. The number of rotatable bonds is 5. The standard InChI is InChI=1S/C14H16N4O3/c19-13(20)6-3-8-18-14(15-16-17-18)11-7-9-21-12-5-2-1-4-10(11)12/h1-2,4-5,11H,3,6-9H2,(H,19,20). The molecule has 1 aromatic carbocycles. The van der Waals surface area contributed by atoms with Crippen molar-refractivity contribution in [1.82, 2.24) is 20.2 Å². The van der Waals surface area contributed by atoms with Gasteiger partial charge in [-0.1, -0.05) is 18.2 Å². The average Bonchev–Trinajstić information content (AvgIpc) is 2.94. The highest BCUT2D eigenvalue weighted by atomic mass is 16.5. The first-order chi connectivity index (χ1) is 10.3. The molecule has 110 valence electrons. The van der Waals surface area contributed by atoms with Crippen molar-refractivity contribution in [3.05, 3.63) is 35.7 Å². The van der Waals surface area contributed by atoms with E-state index in [9.17, 15) is 4.79 Å². The van der Waals surface area contributed by atoms with Gasteiger partial charge in [-0.3, -0.25) is 4.79 Å². The van der Waals surface area contributed by atoms with Crippen LogP contribution in [0.3, 0.4) is 0 Å². The summed E-state index contributed by atoms with van der Waals surface area (Å²) in [5.41, 5.74) is 1.08. The second-order valence-corrected chi connectivity index (χ2v) is 4.99. The van der Waals surface area contributed by atoms with Gasteiger partial charge in [0.2, 0.25) is 0 Å². The number of tetrazole rings is 1. The minimum absolute atomic E-state index is 0.0924. The van der Waals surface area contributed by atoms with E-state index >= 15 is 0 Å². The van der Waals surface area contributed by atoms with Gasteiger partial charge in [-0.25, -0.2) is 4.68 Å². The Morgan fingerprint density at radius 2 is 2.29 bits per heavy atom. The molecule has 2 heterocycles. The highest BCUT2D eigenvalue weighted by molar-refractivity contribution is 5.66. The summed E-state index contributed by atoms with van der Waals surface area (Å²) in [6, 6.07) is 7.88. The largest absolute Gasteiger partial charge is 0.493 e. The zero-order chi connectivity index (χ0) is 14.7. The molecule has 0 saturated heterocycles. The van der Waals surface area contributed by atoms with Gasteiger partial charge in [0.15, 0.2) is 5.82 Å². The van der Waals surface area contributed by atoms with Crippen LogP contribution >= 0.6 is 0 Å². The minimum Gasteiger partial charge on any atom is -0.493 e. The molecule has 1 unspecified atom stereocenters. The van der Waals surface area contributed by atoms with Crippen molar-refractivity contribution < 1.29 is 14.6 Å². The normalized spacial score (nSPS) is 17.0. The van der Waals surface area contributed by atoms with Crippen molar-refractivity contribution >= 4 is 5.97 Å². The van der Waals surface area contributed by atoms with Crippen molar-refractivity contribution in [2.75, 3.05) is 6.61 Å². The molecule has 0 spiro atoms. The Bertz CT molecular complexity index is 641. The maximum Gasteiger partial charge on any atom is 0.303 e. The van der Waals surface area contributed by atoms with Crippen LogP contribution in [-0.4, -0.2) is 37.9 Å². The molecule has 1 aromatic heterocycles. The zero-order valence-corrected chi connectivity index (χ0v) is 11.5. The fourth-order valence-electron chi connectivity index (χ4n) is 2.61. The number of hydrogen-bond donors (Lipinski definition) is 1. The first-order valence-corrected chi connectivity index (χ1v) is 6.95. The number of aromatic nitrogens is 4. The van der Waals surface area contributed by atoms with Crippen molar-refractivity contribution in [3.8, 4) is 5.75 Å². The van der Waals surface area contributed by atoms with E-state index in [0.29, 0.717) is 19.6 Å². The second kappa shape index (κ2) is 5.90. The van der Waals surface area contributed by atoms with Crippen molar-refractivity contribution in [2.24, 2.45) is 0 Å². The molecule has 0 fully saturated rings. The number of benzene rings is 1.